The smallest absolute Gasteiger partial charge is 0.304 e. The number of para-hydroxylation sites is 1. The number of azo groups is 1. The predicted molar refractivity (Wildman–Crippen MR) is 146 cm³/mol. The van der Waals surface area contributed by atoms with Crippen LogP contribution in [0.25, 0.3) is 10.9 Å². The molecule has 3 aromatic rings. The highest BCUT2D eigenvalue weighted by Crippen LogP contribution is 2.53. The van der Waals surface area contributed by atoms with E-state index < -0.39 is 5.91 Å². The summed E-state index contributed by atoms with van der Waals surface area (Å²) in [6.07, 6.45) is 5.03. The third-order valence-electron chi connectivity index (χ3n) is 7.61. The summed E-state index contributed by atoms with van der Waals surface area (Å²) >= 11 is 0. The lowest BCUT2D eigenvalue weighted by Gasteiger charge is -2.40. The van der Waals surface area contributed by atoms with E-state index in [1.165, 1.54) is 19.1 Å². The quantitative estimate of drug-likeness (QED) is 0.229. The molecule has 1 aliphatic carbocycles. The number of fused-ring (bicyclic) bond motifs is 3. The Morgan fingerprint density at radius 3 is 2.66 bits per heavy atom. The van der Waals surface area contributed by atoms with E-state index >= 15 is 0 Å². The number of hydrogen-bond donors (Lipinski definition) is 1. The lowest BCUT2D eigenvalue weighted by Crippen LogP contribution is -2.35. The summed E-state index contributed by atoms with van der Waals surface area (Å²) in [6.45, 7) is 8.29. The van der Waals surface area contributed by atoms with Gasteiger partial charge in [-0.1, -0.05) is 44.1 Å². The normalized spacial score (nSPS) is 23.0. The standard InChI is InChI=1S/C29H35N5O4/c1-28(2)13-21-14-29(3,17-28)18-33(21)19-34-24-8-6-5-7-23(24)26(27(34)36)32-31-25(35)16-38-30-15-20-9-11-22(37-4)12-10-20/h5-12,15,21,36H,13-14,16-19H2,1-4H3/b30-15+,32-31?. The van der Waals surface area contributed by atoms with Gasteiger partial charge in [0.15, 0.2) is 12.3 Å². The van der Waals surface area contributed by atoms with E-state index in [0.717, 1.165) is 35.2 Å². The molecule has 5 rings (SSSR count). The van der Waals surface area contributed by atoms with Gasteiger partial charge in [-0.05, 0) is 66.0 Å². The molecule has 2 unspecified atom stereocenters. The highest BCUT2D eigenvalue weighted by atomic mass is 16.6. The average molecular weight is 518 g/mol. The predicted octanol–water partition coefficient (Wildman–Crippen LogP) is 5.87. The second kappa shape index (κ2) is 10.2. The van der Waals surface area contributed by atoms with Crippen LogP contribution < -0.4 is 4.74 Å². The van der Waals surface area contributed by atoms with Gasteiger partial charge in [-0.15, -0.1) is 10.2 Å². The molecule has 1 N–H and O–H groups in total. The van der Waals surface area contributed by atoms with Gasteiger partial charge in [-0.25, -0.2) is 0 Å². The van der Waals surface area contributed by atoms with E-state index in [0.29, 0.717) is 18.1 Å². The Morgan fingerprint density at radius 1 is 1.13 bits per heavy atom. The second-order valence-corrected chi connectivity index (χ2v) is 11.6. The number of benzene rings is 2. The van der Waals surface area contributed by atoms with Gasteiger partial charge in [-0.2, -0.15) is 0 Å². The van der Waals surface area contributed by atoms with Crippen molar-refractivity contribution < 1.29 is 19.5 Å². The van der Waals surface area contributed by atoms with Gasteiger partial charge in [0.05, 0.1) is 25.5 Å². The van der Waals surface area contributed by atoms with Gasteiger partial charge in [0.1, 0.15) is 5.75 Å². The summed E-state index contributed by atoms with van der Waals surface area (Å²) in [4.78, 5) is 19.8. The number of methoxy groups -OCH3 is 1. The Balaban J connectivity index is 1.27. The summed E-state index contributed by atoms with van der Waals surface area (Å²) in [6, 6.07) is 15.4. The molecule has 2 fully saturated rings. The van der Waals surface area contributed by atoms with Crippen molar-refractivity contribution >= 4 is 28.7 Å². The van der Waals surface area contributed by atoms with Crippen molar-refractivity contribution in [1.29, 1.82) is 0 Å². The molecule has 1 amide bonds. The molecule has 9 heteroatoms. The van der Waals surface area contributed by atoms with E-state index in [4.69, 9.17) is 9.57 Å². The third kappa shape index (κ3) is 5.43. The monoisotopic (exact) mass is 517 g/mol. The molecule has 1 saturated carbocycles. The number of carbonyl (C=O) groups excluding carboxylic acids is 1. The Labute approximate surface area is 222 Å². The summed E-state index contributed by atoms with van der Waals surface area (Å²) in [5.41, 5.74) is 2.54. The molecular formula is C29H35N5O4. The largest absolute Gasteiger partial charge is 0.497 e. The lowest BCUT2D eigenvalue weighted by molar-refractivity contribution is -0.122. The van der Waals surface area contributed by atoms with Crippen LogP contribution in [0.15, 0.2) is 63.9 Å². The molecular weight excluding hydrogens is 482 g/mol. The first-order valence-electron chi connectivity index (χ1n) is 12.9. The zero-order chi connectivity index (χ0) is 26.9. The van der Waals surface area contributed by atoms with Crippen LogP contribution in [0.4, 0.5) is 5.69 Å². The third-order valence-corrected chi connectivity index (χ3v) is 7.61. The number of carbonyl (C=O) groups is 1. The lowest BCUT2D eigenvalue weighted by atomic mass is 9.65. The highest BCUT2D eigenvalue weighted by molar-refractivity contribution is 5.95. The van der Waals surface area contributed by atoms with E-state index in [2.05, 4.69) is 41.1 Å². The highest BCUT2D eigenvalue weighted by Gasteiger charge is 2.49. The SMILES string of the molecule is COc1ccc(/C=N/OCC(=O)N=Nc2c(O)n(CN3CC4(C)CC3CC(C)(C)C4)c3ccccc23)cc1. The van der Waals surface area contributed by atoms with Crippen molar-refractivity contribution in [2.75, 3.05) is 20.3 Å². The van der Waals surface area contributed by atoms with Crippen LogP contribution in [0, 0.1) is 10.8 Å². The number of oxime groups is 1. The molecule has 2 aliphatic rings. The van der Waals surface area contributed by atoms with Crippen molar-refractivity contribution in [2.45, 2.75) is 52.7 Å². The van der Waals surface area contributed by atoms with Crippen molar-refractivity contribution in [1.82, 2.24) is 9.47 Å². The molecule has 1 aliphatic heterocycles. The van der Waals surface area contributed by atoms with Crippen molar-refractivity contribution in [3.8, 4) is 11.6 Å². The minimum Gasteiger partial charge on any atom is -0.497 e. The number of likely N-dealkylation sites (tertiary alicyclic amines) is 1. The van der Waals surface area contributed by atoms with Crippen LogP contribution in [0.3, 0.4) is 0 Å². The van der Waals surface area contributed by atoms with Gasteiger partial charge in [-0.3, -0.25) is 14.3 Å². The number of ether oxygens (including phenoxy) is 1. The number of hydrogen-bond acceptors (Lipinski definition) is 7. The zero-order valence-electron chi connectivity index (χ0n) is 22.4. The van der Waals surface area contributed by atoms with Gasteiger partial charge in [0, 0.05) is 18.0 Å². The average Bonchev–Trinajstić information content (AvgIpc) is 3.28. The minimum atomic E-state index is -0.600. The molecule has 1 saturated heterocycles. The van der Waals surface area contributed by atoms with Crippen molar-refractivity contribution in [2.24, 2.45) is 26.2 Å². The van der Waals surface area contributed by atoms with Crippen LogP contribution >= 0.6 is 0 Å². The number of aromatic nitrogens is 1. The molecule has 2 aromatic carbocycles. The Hall–Kier alpha value is -3.72. The van der Waals surface area contributed by atoms with E-state index in [1.54, 1.807) is 19.2 Å². The first-order chi connectivity index (χ1) is 18.2. The fourth-order valence-corrected chi connectivity index (χ4v) is 6.45. The van der Waals surface area contributed by atoms with Crippen LogP contribution in [0.1, 0.15) is 45.6 Å². The van der Waals surface area contributed by atoms with Crippen molar-refractivity contribution in [3.63, 3.8) is 0 Å². The summed E-state index contributed by atoms with van der Waals surface area (Å²) in [5.74, 6) is 0.147. The van der Waals surface area contributed by atoms with Crippen LogP contribution in [0.5, 0.6) is 11.6 Å². The maximum atomic E-state index is 12.3. The number of aromatic hydroxyl groups is 1. The van der Waals surface area contributed by atoms with Crippen LogP contribution in [-0.2, 0) is 16.3 Å². The van der Waals surface area contributed by atoms with Gasteiger partial charge in [0.2, 0.25) is 5.88 Å². The van der Waals surface area contributed by atoms with E-state index in [9.17, 15) is 9.90 Å². The van der Waals surface area contributed by atoms with Gasteiger partial charge >= 0.3 is 5.91 Å². The molecule has 38 heavy (non-hydrogen) atoms. The van der Waals surface area contributed by atoms with Crippen molar-refractivity contribution in [3.05, 3.63) is 54.1 Å². The Morgan fingerprint density at radius 2 is 1.89 bits per heavy atom. The number of nitrogens with zero attached hydrogens (tertiary/aromatic N) is 5. The molecule has 9 nitrogen and oxygen atoms in total. The Kier molecular flexibility index (Phi) is 6.96. The topological polar surface area (TPSA) is 101 Å². The fourth-order valence-electron chi connectivity index (χ4n) is 6.45. The minimum absolute atomic E-state index is 0.00653. The van der Waals surface area contributed by atoms with Crippen LogP contribution in [-0.4, -0.2) is 53.0 Å². The second-order valence-electron chi connectivity index (χ2n) is 11.6. The molecule has 2 heterocycles. The first-order valence-corrected chi connectivity index (χ1v) is 12.9. The number of rotatable bonds is 8. The summed E-state index contributed by atoms with van der Waals surface area (Å²) in [7, 11) is 1.60. The zero-order valence-corrected chi connectivity index (χ0v) is 22.4. The molecule has 1 aromatic heterocycles. The van der Waals surface area contributed by atoms with Gasteiger partial charge < -0.3 is 14.7 Å². The molecule has 200 valence electrons. The maximum Gasteiger partial charge on any atom is 0.304 e. The maximum absolute atomic E-state index is 12.3. The first kappa shape index (κ1) is 25.9. The van der Waals surface area contributed by atoms with Crippen LogP contribution in [0.2, 0.25) is 0 Å². The molecule has 0 spiro atoms. The molecule has 2 bridgehead atoms. The van der Waals surface area contributed by atoms with E-state index in [-0.39, 0.29) is 23.6 Å². The Bertz CT molecular complexity index is 1380. The fraction of sp³-hybridized carbons (Fsp3) is 0.448. The summed E-state index contributed by atoms with van der Waals surface area (Å²) < 4.78 is 7.00. The van der Waals surface area contributed by atoms with Gasteiger partial charge in [0.25, 0.3) is 0 Å². The van der Waals surface area contributed by atoms with E-state index in [1.807, 2.05) is 41.0 Å². The number of amides is 1. The molecule has 2 atom stereocenters. The summed E-state index contributed by atoms with van der Waals surface area (Å²) in [5, 5.41) is 23.7. The molecule has 0 radical (unpaired) electrons.